The van der Waals surface area contributed by atoms with Crippen LogP contribution in [0.2, 0.25) is 0 Å². The van der Waals surface area contributed by atoms with Crippen LogP contribution in [-0.4, -0.2) is 71.5 Å². The summed E-state index contributed by atoms with van der Waals surface area (Å²) in [5.41, 5.74) is 6.92. The van der Waals surface area contributed by atoms with Crippen molar-refractivity contribution in [2.75, 3.05) is 45.5 Å². The van der Waals surface area contributed by atoms with Gasteiger partial charge in [-0.1, -0.05) is 13.8 Å². The minimum Gasteiger partial charge on any atom is -0.368 e. The Morgan fingerprint density at radius 1 is 1.24 bits per heavy atom. The molecule has 0 spiro atoms. The molecule has 1 aromatic rings. The van der Waals surface area contributed by atoms with Gasteiger partial charge in [0.15, 0.2) is 0 Å². The van der Waals surface area contributed by atoms with Gasteiger partial charge in [-0.2, -0.15) is 0 Å². The van der Waals surface area contributed by atoms with Crippen LogP contribution in [0.1, 0.15) is 43.4 Å². The van der Waals surface area contributed by atoms with Crippen molar-refractivity contribution in [2.24, 2.45) is 5.92 Å². The van der Waals surface area contributed by atoms with Crippen LogP contribution >= 0.6 is 0 Å². The Labute approximate surface area is 151 Å². The van der Waals surface area contributed by atoms with Gasteiger partial charge in [0, 0.05) is 44.5 Å². The molecular weight excluding hydrogens is 316 g/mol. The van der Waals surface area contributed by atoms with Crippen molar-refractivity contribution < 1.29 is 4.79 Å². The van der Waals surface area contributed by atoms with Crippen LogP contribution < -0.4 is 11.1 Å². The number of piperazine rings is 1. The standard InChI is InChI=1S/C18H32N6O/c1-13(2)11-15-12-16(22-18(19)21-15)17(25)20-6-5-14(3)24-9-7-23(4)8-10-24/h12-14H,5-11H2,1-4H3,(H,20,25)(H2,19,21,22). The van der Waals surface area contributed by atoms with E-state index in [4.69, 9.17) is 5.73 Å². The summed E-state index contributed by atoms with van der Waals surface area (Å²) in [5.74, 6) is 0.438. The highest BCUT2D eigenvalue weighted by molar-refractivity contribution is 5.92. The monoisotopic (exact) mass is 348 g/mol. The minimum atomic E-state index is -0.176. The molecule has 1 amide bonds. The lowest BCUT2D eigenvalue weighted by molar-refractivity contribution is 0.0930. The summed E-state index contributed by atoms with van der Waals surface area (Å²) in [6.07, 6.45) is 1.71. The highest BCUT2D eigenvalue weighted by atomic mass is 16.1. The zero-order chi connectivity index (χ0) is 18.4. The predicted molar refractivity (Wildman–Crippen MR) is 100 cm³/mol. The number of nitrogens with two attached hydrogens (primary N) is 1. The van der Waals surface area contributed by atoms with Crippen molar-refractivity contribution in [1.29, 1.82) is 0 Å². The van der Waals surface area contributed by atoms with E-state index >= 15 is 0 Å². The van der Waals surface area contributed by atoms with Gasteiger partial charge in [0.25, 0.3) is 5.91 Å². The third kappa shape index (κ3) is 6.25. The molecular formula is C18H32N6O. The first-order chi connectivity index (χ1) is 11.8. The molecule has 0 bridgehead atoms. The molecule has 25 heavy (non-hydrogen) atoms. The van der Waals surface area contributed by atoms with Crippen molar-refractivity contribution in [2.45, 2.75) is 39.7 Å². The molecule has 1 fully saturated rings. The summed E-state index contributed by atoms with van der Waals surface area (Å²) in [6, 6.07) is 2.20. The molecule has 0 saturated carbocycles. The summed E-state index contributed by atoms with van der Waals surface area (Å²) in [5, 5.41) is 2.96. The van der Waals surface area contributed by atoms with Crippen molar-refractivity contribution in [1.82, 2.24) is 25.1 Å². The summed E-state index contributed by atoms with van der Waals surface area (Å²) in [6.45, 7) is 11.5. The maximum absolute atomic E-state index is 12.4. The first kappa shape index (κ1) is 19.6. The molecule has 1 saturated heterocycles. The molecule has 2 heterocycles. The lowest BCUT2D eigenvalue weighted by Crippen LogP contribution is -2.48. The van der Waals surface area contributed by atoms with E-state index < -0.39 is 0 Å². The first-order valence-corrected chi connectivity index (χ1v) is 9.19. The number of rotatable bonds is 7. The van der Waals surface area contributed by atoms with Gasteiger partial charge in [-0.3, -0.25) is 9.69 Å². The number of nitrogens with one attached hydrogen (secondary N) is 1. The number of hydrogen-bond donors (Lipinski definition) is 2. The molecule has 0 radical (unpaired) electrons. The van der Waals surface area contributed by atoms with Crippen molar-refractivity contribution in [3.8, 4) is 0 Å². The van der Waals surface area contributed by atoms with E-state index in [9.17, 15) is 4.79 Å². The fourth-order valence-corrected chi connectivity index (χ4v) is 3.09. The van der Waals surface area contributed by atoms with Gasteiger partial charge in [0.2, 0.25) is 5.95 Å². The summed E-state index contributed by atoms with van der Waals surface area (Å²) in [7, 11) is 2.16. The van der Waals surface area contributed by atoms with Crippen molar-refractivity contribution in [3.63, 3.8) is 0 Å². The van der Waals surface area contributed by atoms with Crippen LogP contribution in [0.5, 0.6) is 0 Å². The molecule has 1 aromatic heterocycles. The van der Waals surface area contributed by atoms with Crippen LogP contribution in [0.15, 0.2) is 6.07 Å². The molecule has 0 aliphatic carbocycles. The number of carbonyl (C=O) groups is 1. The van der Waals surface area contributed by atoms with E-state index in [2.05, 4.69) is 52.9 Å². The van der Waals surface area contributed by atoms with Gasteiger partial charge in [-0.15, -0.1) is 0 Å². The second-order valence-electron chi connectivity index (χ2n) is 7.43. The molecule has 1 aliphatic heterocycles. The molecule has 140 valence electrons. The second-order valence-corrected chi connectivity index (χ2v) is 7.43. The number of anilines is 1. The topological polar surface area (TPSA) is 87.4 Å². The number of carbonyl (C=O) groups excluding carboxylic acids is 1. The molecule has 1 unspecified atom stereocenters. The maximum Gasteiger partial charge on any atom is 0.270 e. The molecule has 7 nitrogen and oxygen atoms in total. The Morgan fingerprint density at radius 3 is 2.56 bits per heavy atom. The fourth-order valence-electron chi connectivity index (χ4n) is 3.09. The quantitative estimate of drug-likeness (QED) is 0.765. The Kier molecular flexibility index (Phi) is 7.13. The molecule has 3 N–H and O–H groups in total. The zero-order valence-electron chi connectivity index (χ0n) is 16.0. The van der Waals surface area contributed by atoms with E-state index in [1.807, 2.05) is 0 Å². The Morgan fingerprint density at radius 2 is 1.92 bits per heavy atom. The summed E-state index contributed by atoms with van der Waals surface area (Å²) >= 11 is 0. The lowest BCUT2D eigenvalue weighted by Gasteiger charge is -2.36. The minimum absolute atomic E-state index is 0.161. The van der Waals surface area contributed by atoms with Crippen molar-refractivity contribution >= 4 is 11.9 Å². The number of nitrogen functional groups attached to an aromatic ring is 1. The third-order valence-corrected chi connectivity index (χ3v) is 4.66. The Balaban J connectivity index is 1.82. The van der Waals surface area contributed by atoms with Crippen LogP contribution in [-0.2, 0) is 6.42 Å². The maximum atomic E-state index is 12.4. The van der Waals surface area contributed by atoms with E-state index in [-0.39, 0.29) is 11.9 Å². The summed E-state index contributed by atoms with van der Waals surface area (Å²) < 4.78 is 0. The number of amides is 1. The molecule has 1 atom stereocenters. The van der Waals surface area contributed by atoms with Gasteiger partial charge in [0.1, 0.15) is 5.69 Å². The van der Waals surface area contributed by atoms with Crippen molar-refractivity contribution in [3.05, 3.63) is 17.5 Å². The van der Waals surface area contributed by atoms with Gasteiger partial charge in [0.05, 0.1) is 0 Å². The first-order valence-electron chi connectivity index (χ1n) is 9.19. The van der Waals surface area contributed by atoms with Gasteiger partial charge in [-0.25, -0.2) is 9.97 Å². The largest absolute Gasteiger partial charge is 0.368 e. The van der Waals surface area contributed by atoms with Crippen LogP contribution in [0.4, 0.5) is 5.95 Å². The number of nitrogens with zero attached hydrogens (tertiary/aromatic N) is 4. The summed E-state index contributed by atoms with van der Waals surface area (Å²) in [4.78, 5) is 25.5. The predicted octanol–water partition coefficient (Wildman–Crippen LogP) is 1.01. The van der Waals surface area contributed by atoms with Crippen LogP contribution in [0.3, 0.4) is 0 Å². The third-order valence-electron chi connectivity index (χ3n) is 4.66. The van der Waals surface area contributed by atoms with E-state index in [1.165, 1.54) is 0 Å². The highest BCUT2D eigenvalue weighted by Gasteiger charge is 2.19. The van der Waals surface area contributed by atoms with Gasteiger partial charge < -0.3 is 16.0 Å². The number of likely N-dealkylation sites (N-methyl/N-ethyl adjacent to an activating group) is 1. The van der Waals surface area contributed by atoms with Gasteiger partial charge in [-0.05, 0) is 38.8 Å². The van der Waals surface area contributed by atoms with E-state index in [0.29, 0.717) is 24.2 Å². The van der Waals surface area contributed by atoms with Crippen LogP contribution in [0.25, 0.3) is 0 Å². The second kappa shape index (κ2) is 9.10. The highest BCUT2D eigenvalue weighted by Crippen LogP contribution is 2.10. The lowest BCUT2D eigenvalue weighted by atomic mass is 10.1. The molecule has 1 aliphatic rings. The number of hydrogen-bond acceptors (Lipinski definition) is 6. The van der Waals surface area contributed by atoms with Gasteiger partial charge >= 0.3 is 0 Å². The smallest absolute Gasteiger partial charge is 0.270 e. The average molecular weight is 348 g/mol. The average Bonchev–Trinajstić information content (AvgIpc) is 2.54. The zero-order valence-corrected chi connectivity index (χ0v) is 16.0. The normalized spacial score (nSPS) is 17.6. The van der Waals surface area contributed by atoms with Crippen LogP contribution in [0, 0.1) is 5.92 Å². The molecule has 2 rings (SSSR count). The Bertz CT molecular complexity index is 569. The molecule has 7 heteroatoms. The van der Waals surface area contributed by atoms with E-state index in [1.54, 1.807) is 6.07 Å². The fraction of sp³-hybridized carbons (Fsp3) is 0.722. The number of aromatic nitrogens is 2. The van der Waals surface area contributed by atoms with E-state index in [0.717, 1.165) is 44.7 Å². The molecule has 0 aromatic carbocycles. The SMILES string of the molecule is CC(C)Cc1cc(C(=O)NCCC(C)N2CCN(C)CC2)nc(N)n1. The Hall–Kier alpha value is -1.73.